The van der Waals surface area contributed by atoms with E-state index in [2.05, 4.69) is 31.3 Å². The molecule has 0 spiro atoms. The van der Waals surface area contributed by atoms with Crippen molar-refractivity contribution in [2.45, 2.75) is 38.8 Å². The minimum absolute atomic E-state index is 0.380. The number of carbonyl (C=O) groups is 1. The summed E-state index contributed by atoms with van der Waals surface area (Å²) in [5.74, 6) is 0.665. The summed E-state index contributed by atoms with van der Waals surface area (Å²) in [6.45, 7) is 5.53. The number of nitrogens with zero attached hydrogens (tertiary/aromatic N) is 2. The molecule has 4 rings (SSSR count). The fourth-order valence-corrected chi connectivity index (χ4v) is 3.38. The lowest BCUT2D eigenvalue weighted by Gasteiger charge is -2.23. The number of benzene rings is 1. The topological polar surface area (TPSA) is 95.7 Å². The van der Waals surface area contributed by atoms with Crippen LogP contribution in [0.5, 0.6) is 0 Å². The zero-order chi connectivity index (χ0) is 21.1. The number of rotatable bonds is 5. The summed E-state index contributed by atoms with van der Waals surface area (Å²) in [5.41, 5.74) is 3.41. The number of ether oxygens (including phenoxy) is 1. The number of para-hydroxylation sites is 1. The van der Waals surface area contributed by atoms with E-state index in [1.165, 1.54) is 0 Å². The summed E-state index contributed by atoms with van der Waals surface area (Å²) in [5, 5.41) is 4.10. The third kappa shape index (κ3) is 4.51. The van der Waals surface area contributed by atoms with Crippen LogP contribution in [0.15, 0.2) is 61.2 Å². The van der Waals surface area contributed by atoms with Crippen molar-refractivity contribution in [1.82, 2.24) is 25.3 Å². The van der Waals surface area contributed by atoms with Gasteiger partial charge in [-0.1, -0.05) is 18.2 Å². The maximum atomic E-state index is 12.5. The van der Waals surface area contributed by atoms with E-state index in [0.717, 1.165) is 27.7 Å². The van der Waals surface area contributed by atoms with Crippen molar-refractivity contribution in [2.24, 2.45) is 0 Å². The van der Waals surface area contributed by atoms with Crippen LogP contribution in [0.2, 0.25) is 0 Å². The number of hydrogen-bond acceptors (Lipinski definition) is 4. The largest absolute Gasteiger partial charge is 0.444 e. The van der Waals surface area contributed by atoms with Crippen LogP contribution in [-0.2, 0) is 11.2 Å². The Morgan fingerprint density at radius 2 is 1.93 bits per heavy atom. The summed E-state index contributed by atoms with van der Waals surface area (Å²) in [7, 11) is 0. The highest BCUT2D eigenvalue weighted by Crippen LogP contribution is 2.25. The van der Waals surface area contributed by atoms with Crippen LogP contribution in [0.1, 0.15) is 38.2 Å². The van der Waals surface area contributed by atoms with Crippen molar-refractivity contribution in [3.8, 4) is 11.3 Å². The number of fused-ring (bicyclic) bond motifs is 1. The Morgan fingerprint density at radius 3 is 2.70 bits per heavy atom. The van der Waals surface area contributed by atoms with Gasteiger partial charge in [0.25, 0.3) is 0 Å². The first-order chi connectivity index (χ1) is 14.4. The number of nitrogens with one attached hydrogen (secondary N) is 3. The number of hydrogen-bond donors (Lipinski definition) is 3. The van der Waals surface area contributed by atoms with Crippen molar-refractivity contribution in [1.29, 1.82) is 0 Å². The Balaban J connectivity index is 1.63. The van der Waals surface area contributed by atoms with E-state index in [9.17, 15) is 4.79 Å². The molecule has 3 aromatic heterocycles. The Labute approximate surface area is 174 Å². The SMILES string of the molecule is CC(C)(C)OC(=O)NC(Cc1c[nH]c2ccccc12)c1ncc(-c2ccncc2)[nH]1. The smallest absolute Gasteiger partial charge is 0.408 e. The monoisotopic (exact) mass is 403 g/mol. The van der Waals surface area contributed by atoms with Crippen molar-refractivity contribution in [3.05, 3.63) is 72.6 Å². The van der Waals surface area contributed by atoms with Gasteiger partial charge in [0.2, 0.25) is 0 Å². The van der Waals surface area contributed by atoms with Gasteiger partial charge in [0.1, 0.15) is 11.4 Å². The van der Waals surface area contributed by atoms with Crippen molar-refractivity contribution in [3.63, 3.8) is 0 Å². The van der Waals surface area contributed by atoms with Crippen molar-refractivity contribution < 1.29 is 9.53 Å². The van der Waals surface area contributed by atoms with Crippen LogP contribution in [0.25, 0.3) is 22.2 Å². The zero-order valence-electron chi connectivity index (χ0n) is 17.3. The van der Waals surface area contributed by atoms with Crippen LogP contribution in [-0.4, -0.2) is 31.6 Å². The van der Waals surface area contributed by atoms with Crippen LogP contribution in [0.4, 0.5) is 4.79 Å². The predicted octanol–water partition coefficient (Wildman–Crippen LogP) is 4.76. The first-order valence-electron chi connectivity index (χ1n) is 9.89. The fraction of sp³-hybridized carbons (Fsp3) is 0.261. The minimum atomic E-state index is -0.583. The highest BCUT2D eigenvalue weighted by molar-refractivity contribution is 5.83. The zero-order valence-corrected chi connectivity index (χ0v) is 17.3. The van der Waals surface area contributed by atoms with Gasteiger partial charge in [-0.25, -0.2) is 9.78 Å². The third-order valence-electron chi connectivity index (χ3n) is 4.71. The number of alkyl carbamates (subject to hydrolysis) is 1. The summed E-state index contributed by atoms with van der Waals surface area (Å²) in [4.78, 5) is 27.7. The number of pyridine rings is 1. The molecule has 0 aliphatic carbocycles. The number of amides is 1. The molecule has 1 atom stereocenters. The first-order valence-corrected chi connectivity index (χ1v) is 9.89. The van der Waals surface area contributed by atoms with Gasteiger partial charge in [-0.2, -0.15) is 0 Å². The molecular weight excluding hydrogens is 378 g/mol. The second-order valence-electron chi connectivity index (χ2n) is 8.18. The molecule has 1 aromatic carbocycles. The van der Waals surface area contributed by atoms with Gasteiger partial charge in [0, 0.05) is 41.5 Å². The second-order valence-corrected chi connectivity index (χ2v) is 8.18. The molecule has 7 heteroatoms. The molecule has 1 unspecified atom stereocenters. The summed E-state index contributed by atoms with van der Waals surface area (Å²) in [6.07, 6.45) is 7.29. The van der Waals surface area contributed by atoms with E-state index in [1.807, 2.05) is 57.3 Å². The summed E-state index contributed by atoms with van der Waals surface area (Å²) < 4.78 is 5.48. The van der Waals surface area contributed by atoms with Crippen LogP contribution in [0.3, 0.4) is 0 Å². The molecule has 0 aliphatic rings. The number of aromatic nitrogens is 4. The molecular formula is C23H25N5O2. The quantitative estimate of drug-likeness (QED) is 0.448. The Kier molecular flexibility index (Phi) is 5.27. The molecule has 0 saturated carbocycles. The predicted molar refractivity (Wildman–Crippen MR) is 116 cm³/mol. The van der Waals surface area contributed by atoms with E-state index >= 15 is 0 Å². The number of aromatic amines is 2. The summed E-state index contributed by atoms with van der Waals surface area (Å²) >= 11 is 0. The maximum absolute atomic E-state index is 12.5. The van der Waals surface area contributed by atoms with E-state index in [4.69, 9.17) is 4.74 Å². The van der Waals surface area contributed by atoms with Gasteiger partial charge in [-0.3, -0.25) is 4.98 Å². The lowest BCUT2D eigenvalue weighted by Crippen LogP contribution is -2.36. The standard InChI is InChI=1S/C23H25N5O2/c1-23(2,3)30-22(29)28-19(12-16-13-25-18-7-5-4-6-17(16)18)21-26-14-20(27-21)15-8-10-24-11-9-15/h4-11,13-14,19,25H,12H2,1-3H3,(H,26,27)(H,28,29). The molecule has 3 N–H and O–H groups in total. The van der Waals surface area contributed by atoms with Crippen LogP contribution < -0.4 is 5.32 Å². The Hall–Kier alpha value is -3.61. The van der Waals surface area contributed by atoms with Gasteiger partial charge < -0.3 is 20.0 Å². The number of carbonyl (C=O) groups excluding carboxylic acids is 1. The van der Waals surface area contributed by atoms with Gasteiger partial charge in [-0.15, -0.1) is 0 Å². The average Bonchev–Trinajstić information content (AvgIpc) is 3.35. The van der Waals surface area contributed by atoms with Gasteiger partial charge in [-0.05, 0) is 44.5 Å². The Bertz CT molecular complexity index is 1140. The van der Waals surface area contributed by atoms with Crippen molar-refractivity contribution >= 4 is 17.0 Å². The highest BCUT2D eigenvalue weighted by Gasteiger charge is 2.24. The average molecular weight is 403 g/mol. The molecule has 0 aliphatic heterocycles. The normalized spacial score (nSPS) is 12.6. The minimum Gasteiger partial charge on any atom is -0.444 e. The summed E-state index contributed by atoms with van der Waals surface area (Å²) in [6, 6.07) is 11.5. The van der Waals surface area contributed by atoms with E-state index < -0.39 is 11.7 Å². The molecule has 1 amide bonds. The van der Waals surface area contributed by atoms with E-state index in [1.54, 1.807) is 18.6 Å². The maximum Gasteiger partial charge on any atom is 0.408 e. The molecule has 0 saturated heterocycles. The molecule has 30 heavy (non-hydrogen) atoms. The Morgan fingerprint density at radius 1 is 1.17 bits per heavy atom. The fourth-order valence-electron chi connectivity index (χ4n) is 3.38. The number of imidazole rings is 1. The van der Waals surface area contributed by atoms with Crippen LogP contribution in [0, 0.1) is 0 Å². The molecule has 7 nitrogen and oxygen atoms in total. The first kappa shape index (κ1) is 19.7. The van der Waals surface area contributed by atoms with Crippen LogP contribution >= 0.6 is 0 Å². The second kappa shape index (κ2) is 8.02. The van der Waals surface area contributed by atoms with E-state index in [-0.39, 0.29) is 6.04 Å². The lowest BCUT2D eigenvalue weighted by molar-refractivity contribution is 0.0501. The van der Waals surface area contributed by atoms with Gasteiger partial charge in [0.15, 0.2) is 0 Å². The molecule has 154 valence electrons. The molecule has 0 radical (unpaired) electrons. The molecule has 4 aromatic rings. The third-order valence-corrected chi connectivity index (χ3v) is 4.71. The van der Waals surface area contributed by atoms with Gasteiger partial charge in [0.05, 0.1) is 17.9 Å². The van der Waals surface area contributed by atoms with Crippen molar-refractivity contribution in [2.75, 3.05) is 0 Å². The van der Waals surface area contributed by atoms with E-state index in [0.29, 0.717) is 12.2 Å². The molecule has 0 fully saturated rings. The number of H-pyrrole nitrogens is 2. The van der Waals surface area contributed by atoms with Gasteiger partial charge >= 0.3 is 6.09 Å². The lowest BCUT2D eigenvalue weighted by atomic mass is 10.0. The highest BCUT2D eigenvalue weighted by atomic mass is 16.6. The molecule has 3 heterocycles. The molecule has 0 bridgehead atoms.